The quantitative estimate of drug-likeness (QED) is 0.237. The van der Waals surface area contributed by atoms with Crippen molar-refractivity contribution in [1.29, 1.82) is 0 Å². The molecule has 2 aromatic carbocycles. The molecule has 0 N–H and O–H groups in total. The first-order valence-corrected chi connectivity index (χ1v) is 11.4. The molecular formula is C24H18ClNO4S2. The fourth-order valence-corrected chi connectivity index (χ4v) is 4.59. The second-order valence-corrected chi connectivity index (χ2v) is 8.95. The van der Waals surface area contributed by atoms with Gasteiger partial charge in [0.05, 0.1) is 28.6 Å². The van der Waals surface area contributed by atoms with Crippen molar-refractivity contribution in [3.63, 3.8) is 0 Å². The average Bonchev–Trinajstić information content (AvgIpc) is 3.35. The molecule has 1 aliphatic rings. The number of ether oxygens (including phenoxy) is 1. The summed E-state index contributed by atoms with van der Waals surface area (Å²) >= 11 is 12.8. The van der Waals surface area contributed by atoms with Crippen LogP contribution in [0.4, 0.5) is 0 Å². The highest BCUT2D eigenvalue weighted by atomic mass is 35.5. The predicted molar refractivity (Wildman–Crippen MR) is 130 cm³/mol. The summed E-state index contributed by atoms with van der Waals surface area (Å²) in [6.45, 7) is 2.41. The maximum Gasteiger partial charge on any atom is 0.339 e. The standard InChI is InChI=1S/C24H18ClNO4S2/c1-2-29-23(28)18-12-16(8-10-19(18)25)20-11-9-17(30-20)13-21-22(27)26(24(31)32-21)14-15-6-4-3-5-7-15/h3-13H,2,14H2,1H3/b21-13-. The lowest BCUT2D eigenvalue weighted by atomic mass is 10.1. The first-order valence-electron chi connectivity index (χ1n) is 9.82. The minimum Gasteiger partial charge on any atom is -0.462 e. The third-order valence-corrected chi connectivity index (χ3v) is 6.41. The topological polar surface area (TPSA) is 59.8 Å². The Morgan fingerprint density at radius 1 is 1.19 bits per heavy atom. The Balaban J connectivity index is 1.54. The number of carbonyl (C=O) groups excluding carboxylic acids is 2. The molecule has 32 heavy (non-hydrogen) atoms. The highest BCUT2D eigenvalue weighted by Gasteiger charge is 2.32. The van der Waals surface area contributed by atoms with E-state index in [1.807, 2.05) is 30.3 Å². The lowest BCUT2D eigenvalue weighted by Gasteiger charge is -2.14. The summed E-state index contributed by atoms with van der Waals surface area (Å²) in [6.07, 6.45) is 1.68. The van der Waals surface area contributed by atoms with Crippen molar-refractivity contribution >= 4 is 57.9 Å². The lowest BCUT2D eigenvalue weighted by molar-refractivity contribution is -0.122. The van der Waals surface area contributed by atoms with E-state index in [0.717, 1.165) is 5.56 Å². The van der Waals surface area contributed by atoms with Gasteiger partial charge in [-0.1, -0.05) is 65.9 Å². The van der Waals surface area contributed by atoms with Gasteiger partial charge in [-0.2, -0.15) is 0 Å². The van der Waals surface area contributed by atoms with Crippen molar-refractivity contribution in [2.75, 3.05) is 6.61 Å². The lowest BCUT2D eigenvalue weighted by Crippen LogP contribution is -2.27. The molecule has 3 aromatic rings. The second kappa shape index (κ2) is 9.73. The van der Waals surface area contributed by atoms with E-state index in [1.54, 1.807) is 48.2 Å². The average molecular weight is 484 g/mol. The van der Waals surface area contributed by atoms with Crippen LogP contribution >= 0.6 is 35.6 Å². The summed E-state index contributed by atoms with van der Waals surface area (Å²) in [6, 6.07) is 18.2. The van der Waals surface area contributed by atoms with Crippen molar-refractivity contribution in [3.05, 3.63) is 87.5 Å². The minimum absolute atomic E-state index is 0.155. The molecule has 5 nitrogen and oxygen atoms in total. The van der Waals surface area contributed by atoms with Crippen molar-refractivity contribution in [1.82, 2.24) is 4.90 Å². The molecule has 1 amide bonds. The van der Waals surface area contributed by atoms with Gasteiger partial charge in [0.15, 0.2) is 0 Å². The van der Waals surface area contributed by atoms with E-state index in [9.17, 15) is 9.59 Å². The van der Waals surface area contributed by atoms with Crippen LogP contribution in [-0.2, 0) is 16.1 Å². The number of hydrogen-bond acceptors (Lipinski definition) is 6. The number of thiocarbonyl (C=S) groups is 1. The Kier molecular flexibility index (Phi) is 6.79. The molecule has 0 radical (unpaired) electrons. The van der Waals surface area contributed by atoms with Crippen molar-refractivity contribution < 1.29 is 18.7 Å². The molecule has 1 fully saturated rings. The summed E-state index contributed by atoms with van der Waals surface area (Å²) in [5, 5.41) is 0.307. The Morgan fingerprint density at radius 2 is 1.97 bits per heavy atom. The van der Waals surface area contributed by atoms with Crippen LogP contribution in [0.15, 0.2) is 70.0 Å². The van der Waals surface area contributed by atoms with Gasteiger partial charge >= 0.3 is 5.97 Å². The maximum atomic E-state index is 12.9. The molecule has 2 heterocycles. The van der Waals surface area contributed by atoms with Gasteiger partial charge in [-0.25, -0.2) is 4.79 Å². The first-order chi connectivity index (χ1) is 15.5. The molecule has 8 heteroatoms. The van der Waals surface area contributed by atoms with E-state index in [0.29, 0.717) is 37.9 Å². The van der Waals surface area contributed by atoms with Crippen LogP contribution in [0.1, 0.15) is 28.6 Å². The van der Waals surface area contributed by atoms with Gasteiger partial charge in [0.1, 0.15) is 15.8 Å². The van der Waals surface area contributed by atoms with Gasteiger partial charge in [-0.05, 0) is 42.8 Å². The number of thioether (sulfide) groups is 1. The van der Waals surface area contributed by atoms with Crippen LogP contribution in [0.5, 0.6) is 0 Å². The largest absolute Gasteiger partial charge is 0.462 e. The van der Waals surface area contributed by atoms with Crippen LogP contribution in [-0.4, -0.2) is 27.7 Å². The smallest absolute Gasteiger partial charge is 0.339 e. The second-order valence-electron chi connectivity index (χ2n) is 6.87. The van der Waals surface area contributed by atoms with Crippen LogP contribution in [0.2, 0.25) is 5.02 Å². The molecule has 0 unspecified atom stereocenters. The fraction of sp³-hybridized carbons (Fsp3) is 0.125. The highest BCUT2D eigenvalue weighted by molar-refractivity contribution is 8.26. The molecule has 1 aliphatic heterocycles. The monoisotopic (exact) mass is 483 g/mol. The van der Waals surface area contributed by atoms with E-state index >= 15 is 0 Å². The summed E-state index contributed by atoms with van der Waals surface area (Å²) in [5.74, 6) is 0.400. The van der Waals surface area contributed by atoms with Crippen LogP contribution < -0.4 is 0 Å². The molecular weight excluding hydrogens is 466 g/mol. The van der Waals surface area contributed by atoms with Crippen LogP contribution in [0.25, 0.3) is 17.4 Å². The van der Waals surface area contributed by atoms with Gasteiger partial charge in [0.2, 0.25) is 0 Å². The molecule has 0 saturated carbocycles. The number of benzene rings is 2. The summed E-state index contributed by atoms with van der Waals surface area (Å²) in [5.41, 5.74) is 1.95. The van der Waals surface area contributed by atoms with Crippen molar-refractivity contribution in [3.8, 4) is 11.3 Å². The number of amides is 1. The summed E-state index contributed by atoms with van der Waals surface area (Å²) < 4.78 is 11.5. The zero-order valence-corrected chi connectivity index (χ0v) is 19.4. The number of rotatable bonds is 6. The molecule has 0 aliphatic carbocycles. The fourth-order valence-electron chi connectivity index (χ4n) is 3.16. The molecule has 0 atom stereocenters. The molecule has 1 saturated heterocycles. The minimum atomic E-state index is -0.492. The Bertz CT molecular complexity index is 1220. The Labute approximate surface area is 200 Å². The highest BCUT2D eigenvalue weighted by Crippen LogP contribution is 2.35. The molecule has 1 aromatic heterocycles. The van der Waals surface area contributed by atoms with Crippen molar-refractivity contribution in [2.45, 2.75) is 13.5 Å². The van der Waals surface area contributed by atoms with Gasteiger partial charge < -0.3 is 9.15 Å². The molecule has 162 valence electrons. The van der Waals surface area contributed by atoms with Crippen LogP contribution in [0, 0.1) is 0 Å². The SMILES string of the molecule is CCOC(=O)c1cc(-c2ccc(/C=C3\SC(=S)N(Cc4ccccc4)C3=O)o2)ccc1Cl. The normalized spacial score (nSPS) is 14.9. The molecule has 4 rings (SSSR count). The van der Waals surface area contributed by atoms with Gasteiger partial charge in [0.25, 0.3) is 5.91 Å². The number of halogens is 1. The van der Waals surface area contributed by atoms with Crippen LogP contribution in [0.3, 0.4) is 0 Å². The predicted octanol–water partition coefficient (Wildman–Crippen LogP) is 6.18. The van der Waals surface area contributed by atoms with E-state index in [2.05, 4.69) is 0 Å². The zero-order chi connectivity index (χ0) is 22.7. The number of carbonyl (C=O) groups is 2. The van der Waals surface area contributed by atoms with E-state index in [4.69, 9.17) is 33.0 Å². The summed E-state index contributed by atoms with van der Waals surface area (Å²) in [4.78, 5) is 27.0. The number of furan rings is 1. The van der Waals surface area contributed by atoms with Gasteiger partial charge in [0, 0.05) is 11.6 Å². The van der Waals surface area contributed by atoms with Gasteiger partial charge in [-0.3, -0.25) is 9.69 Å². The number of esters is 1. The molecule has 0 bridgehead atoms. The zero-order valence-electron chi connectivity index (χ0n) is 17.0. The van der Waals surface area contributed by atoms with E-state index in [-0.39, 0.29) is 18.1 Å². The Hall–Kier alpha value is -2.87. The first kappa shape index (κ1) is 22.3. The van der Waals surface area contributed by atoms with E-state index in [1.165, 1.54) is 11.8 Å². The van der Waals surface area contributed by atoms with Gasteiger partial charge in [-0.15, -0.1) is 0 Å². The third kappa shape index (κ3) is 4.80. The molecule has 0 spiro atoms. The van der Waals surface area contributed by atoms with E-state index < -0.39 is 5.97 Å². The van der Waals surface area contributed by atoms with Crippen molar-refractivity contribution in [2.24, 2.45) is 0 Å². The Morgan fingerprint density at radius 3 is 2.72 bits per heavy atom. The maximum absolute atomic E-state index is 12.9. The number of hydrogen-bond donors (Lipinski definition) is 0. The summed E-state index contributed by atoms with van der Waals surface area (Å²) in [7, 11) is 0. The third-order valence-electron chi connectivity index (χ3n) is 4.70. The number of nitrogens with zero attached hydrogens (tertiary/aromatic N) is 1.